The zero-order valence-corrected chi connectivity index (χ0v) is 5.91. The predicted molar refractivity (Wildman–Crippen MR) is 31.1 cm³/mol. The molecule has 0 aliphatic carbocycles. The molecule has 0 amide bonds. The summed E-state index contributed by atoms with van der Waals surface area (Å²) in [4.78, 5) is 2.98. The fraction of sp³-hybridized carbons (Fsp3) is 0.400. The zero-order chi connectivity index (χ0) is 8.48. The van der Waals surface area contributed by atoms with E-state index in [-0.39, 0.29) is 11.6 Å². The van der Waals surface area contributed by atoms with Crippen LogP contribution in [0.2, 0.25) is 0 Å². The van der Waals surface area contributed by atoms with Crippen molar-refractivity contribution < 1.29 is 17.6 Å². The van der Waals surface area contributed by atoms with E-state index in [2.05, 4.69) is 9.40 Å². The van der Waals surface area contributed by atoms with Crippen LogP contribution in [0.25, 0.3) is 0 Å². The summed E-state index contributed by atoms with van der Waals surface area (Å²) in [7, 11) is 0. The second-order valence-corrected chi connectivity index (χ2v) is 2.02. The van der Waals surface area contributed by atoms with Crippen molar-refractivity contribution in [2.24, 2.45) is 0 Å². The summed E-state index contributed by atoms with van der Waals surface area (Å²) in [5.41, 5.74) is -1.05. The van der Waals surface area contributed by atoms with E-state index in [0.717, 1.165) is 6.39 Å². The summed E-state index contributed by atoms with van der Waals surface area (Å²) in [6.07, 6.45) is -3.75. The lowest BCUT2D eigenvalue weighted by Crippen LogP contribution is -2.07. The highest BCUT2D eigenvalue weighted by Gasteiger charge is 2.37. The topological polar surface area (TPSA) is 26.0 Å². The van der Waals surface area contributed by atoms with Gasteiger partial charge in [0.05, 0.1) is 5.88 Å². The molecule has 6 heteroatoms. The molecule has 0 fully saturated rings. The van der Waals surface area contributed by atoms with E-state index < -0.39 is 11.9 Å². The molecule has 0 atom stereocenters. The van der Waals surface area contributed by atoms with Gasteiger partial charge in [-0.15, -0.1) is 11.6 Å². The first kappa shape index (κ1) is 8.39. The molecule has 62 valence electrons. The van der Waals surface area contributed by atoms with E-state index in [1.165, 1.54) is 0 Å². The fourth-order valence-corrected chi connectivity index (χ4v) is 0.786. The SMILES string of the molecule is FC(F)(F)c1ncoc1CCl. The molecule has 11 heavy (non-hydrogen) atoms. The van der Waals surface area contributed by atoms with Crippen molar-refractivity contribution in [1.29, 1.82) is 0 Å². The number of nitrogens with zero attached hydrogens (tertiary/aromatic N) is 1. The number of hydrogen-bond donors (Lipinski definition) is 0. The molecule has 0 aromatic carbocycles. The maximum absolute atomic E-state index is 11.9. The Morgan fingerprint density at radius 3 is 2.55 bits per heavy atom. The lowest BCUT2D eigenvalue weighted by molar-refractivity contribution is -0.141. The molecule has 0 unspecified atom stereocenters. The number of aromatic nitrogens is 1. The molecule has 0 radical (unpaired) electrons. The third-order valence-electron chi connectivity index (χ3n) is 1.03. The largest absolute Gasteiger partial charge is 0.447 e. The minimum Gasteiger partial charge on any atom is -0.447 e. The van der Waals surface area contributed by atoms with Crippen molar-refractivity contribution in [3.05, 3.63) is 17.8 Å². The third-order valence-corrected chi connectivity index (χ3v) is 1.27. The molecule has 0 N–H and O–H groups in total. The van der Waals surface area contributed by atoms with Crippen LogP contribution in [-0.2, 0) is 12.1 Å². The highest BCUT2D eigenvalue weighted by molar-refractivity contribution is 6.16. The van der Waals surface area contributed by atoms with E-state index in [4.69, 9.17) is 11.6 Å². The van der Waals surface area contributed by atoms with Gasteiger partial charge in [0.25, 0.3) is 0 Å². The average Bonchev–Trinajstić information content (AvgIpc) is 2.31. The van der Waals surface area contributed by atoms with Crippen LogP contribution in [0.4, 0.5) is 13.2 Å². The summed E-state index contributed by atoms with van der Waals surface area (Å²) in [5, 5.41) is 0. The first-order valence-electron chi connectivity index (χ1n) is 2.61. The van der Waals surface area contributed by atoms with Crippen molar-refractivity contribution >= 4 is 11.6 Å². The van der Waals surface area contributed by atoms with Crippen molar-refractivity contribution in [2.45, 2.75) is 12.1 Å². The summed E-state index contributed by atoms with van der Waals surface area (Å²) in [5.74, 6) is -0.673. The van der Waals surface area contributed by atoms with Crippen molar-refractivity contribution in [3.8, 4) is 0 Å². The van der Waals surface area contributed by atoms with Crippen LogP contribution in [0, 0.1) is 0 Å². The normalized spacial score (nSPS) is 12.0. The monoisotopic (exact) mass is 185 g/mol. The average molecular weight is 186 g/mol. The van der Waals surface area contributed by atoms with Crippen molar-refractivity contribution in [3.63, 3.8) is 0 Å². The standard InChI is InChI=1S/C5H3ClF3NO/c6-1-3-4(5(7,8)9)10-2-11-3/h2H,1H2. The maximum atomic E-state index is 11.9. The van der Waals surface area contributed by atoms with Crippen LogP contribution < -0.4 is 0 Å². The number of oxazole rings is 1. The predicted octanol–water partition coefficient (Wildman–Crippen LogP) is 2.43. The van der Waals surface area contributed by atoms with Gasteiger partial charge in [-0.3, -0.25) is 0 Å². The number of rotatable bonds is 1. The lowest BCUT2D eigenvalue weighted by atomic mass is 10.3. The van der Waals surface area contributed by atoms with E-state index >= 15 is 0 Å². The van der Waals surface area contributed by atoms with Gasteiger partial charge in [0.1, 0.15) is 0 Å². The van der Waals surface area contributed by atoms with Crippen LogP contribution in [0.5, 0.6) is 0 Å². The molecular weight excluding hydrogens is 183 g/mol. The molecule has 0 saturated heterocycles. The molecule has 0 saturated carbocycles. The number of hydrogen-bond acceptors (Lipinski definition) is 2. The Bertz CT molecular complexity index is 244. The van der Waals surface area contributed by atoms with E-state index in [9.17, 15) is 13.2 Å². The molecule has 1 heterocycles. The van der Waals surface area contributed by atoms with Crippen molar-refractivity contribution in [2.75, 3.05) is 0 Å². The van der Waals surface area contributed by atoms with E-state index in [1.807, 2.05) is 0 Å². The number of halogens is 4. The summed E-state index contributed by atoms with van der Waals surface area (Å²) in [6, 6.07) is 0. The Morgan fingerprint density at radius 2 is 2.18 bits per heavy atom. The molecule has 1 aromatic rings. The number of alkyl halides is 4. The van der Waals surface area contributed by atoms with Crippen molar-refractivity contribution in [1.82, 2.24) is 4.98 Å². The van der Waals surface area contributed by atoms with Gasteiger partial charge in [0.15, 0.2) is 17.8 Å². The van der Waals surface area contributed by atoms with Gasteiger partial charge < -0.3 is 4.42 Å². The summed E-state index contributed by atoms with van der Waals surface area (Å²) in [6.45, 7) is 0. The summed E-state index contributed by atoms with van der Waals surface area (Å²) < 4.78 is 40.0. The fourth-order valence-electron chi connectivity index (χ4n) is 0.597. The quantitative estimate of drug-likeness (QED) is 0.628. The van der Waals surface area contributed by atoms with Crippen LogP contribution in [0.1, 0.15) is 11.5 Å². The van der Waals surface area contributed by atoms with Crippen LogP contribution >= 0.6 is 11.6 Å². The minimum atomic E-state index is -4.47. The minimum absolute atomic E-state index is 0.325. The van der Waals surface area contributed by atoms with E-state index in [1.54, 1.807) is 0 Å². The highest BCUT2D eigenvalue weighted by atomic mass is 35.5. The van der Waals surface area contributed by atoms with Gasteiger partial charge in [-0.05, 0) is 0 Å². The highest BCUT2D eigenvalue weighted by Crippen LogP contribution is 2.31. The summed E-state index contributed by atoms with van der Waals surface area (Å²) >= 11 is 5.15. The Morgan fingerprint density at radius 1 is 1.55 bits per heavy atom. The second-order valence-electron chi connectivity index (χ2n) is 1.76. The molecule has 1 aromatic heterocycles. The Hall–Kier alpha value is -0.710. The molecule has 1 rings (SSSR count). The first-order chi connectivity index (χ1) is 5.05. The van der Waals surface area contributed by atoms with Gasteiger partial charge in [-0.2, -0.15) is 13.2 Å². The van der Waals surface area contributed by atoms with Crippen LogP contribution in [0.3, 0.4) is 0 Å². The van der Waals surface area contributed by atoms with Gasteiger partial charge in [-0.25, -0.2) is 4.98 Å². The molecule has 0 spiro atoms. The zero-order valence-electron chi connectivity index (χ0n) is 5.15. The van der Waals surface area contributed by atoms with Gasteiger partial charge in [0, 0.05) is 0 Å². The maximum Gasteiger partial charge on any atom is 0.436 e. The Labute approximate surface area is 65.0 Å². The third kappa shape index (κ3) is 1.65. The van der Waals surface area contributed by atoms with Crippen LogP contribution in [-0.4, -0.2) is 4.98 Å². The molecule has 0 aliphatic rings. The first-order valence-corrected chi connectivity index (χ1v) is 3.14. The molecule has 0 aliphatic heterocycles. The van der Waals surface area contributed by atoms with Crippen LogP contribution in [0.15, 0.2) is 10.8 Å². The second kappa shape index (κ2) is 2.73. The lowest BCUT2D eigenvalue weighted by Gasteiger charge is -2.01. The molecular formula is C5H3ClF3NO. The van der Waals surface area contributed by atoms with Gasteiger partial charge in [0.2, 0.25) is 0 Å². The van der Waals surface area contributed by atoms with E-state index in [0.29, 0.717) is 0 Å². The Balaban J connectivity index is 3.02. The smallest absolute Gasteiger partial charge is 0.436 e. The van der Waals surface area contributed by atoms with Gasteiger partial charge in [-0.1, -0.05) is 0 Å². The molecule has 2 nitrogen and oxygen atoms in total. The Kier molecular flexibility index (Phi) is 2.08. The van der Waals surface area contributed by atoms with Gasteiger partial charge >= 0.3 is 6.18 Å². The molecule has 0 bridgehead atoms.